The smallest absolute Gasteiger partial charge is 0.240 e. The Morgan fingerprint density at radius 3 is 2.67 bits per heavy atom. The number of benzene rings is 1. The Morgan fingerprint density at radius 1 is 1.20 bits per heavy atom. The summed E-state index contributed by atoms with van der Waals surface area (Å²) in [7, 11) is 3.85. The van der Waals surface area contributed by atoms with Gasteiger partial charge in [0.2, 0.25) is 17.7 Å². The third kappa shape index (κ3) is 3.66. The van der Waals surface area contributed by atoms with Crippen LogP contribution in [0.15, 0.2) is 24.3 Å². The molecule has 2 aliphatic heterocycles. The molecule has 0 N–H and O–H groups in total. The quantitative estimate of drug-likeness (QED) is 0.674. The van der Waals surface area contributed by atoms with Crippen LogP contribution in [0.2, 0.25) is 0 Å². The Labute approximate surface area is 179 Å². The van der Waals surface area contributed by atoms with E-state index in [0.29, 0.717) is 25.0 Å². The molecule has 162 valence electrons. The van der Waals surface area contributed by atoms with Crippen LogP contribution >= 0.6 is 0 Å². The zero-order valence-electron chi connectivity index (χ0n) is 18.4. The van der Waals surface area contributed by atoms with Crippen LogP contribution in [0.3, 0.4) is 0 Å². The van der Waals surface area contributed by atoms with E-state index in [2.05, 4.69) is 0 Å². The van der Waals surface area contributed by atoms with Gasteiger partial charge in [0.1, 0.15) is 0 Å². The predicted molar refractivity (Wildman–Crippen MR) is 115 cm³/mol. The first kappa shape index (κ1) is 21.0. The van der Waals surface area contributed by atoms with Gasteiger partial charge in [-0.3, -0.25) is 19.3 Å². The molecule has 6 heteroatoms. The van der Waals surface area contributed by atoms with E-state index in [9.17, 15) is 14.4 Å². The topological polar surface area (TPSA) is 60.9 Å². The summed E-state index contributed by atoms with van der Waals surface area (Å²) >= 11 is 0. The van der Waals surface area contributed by atoms with Gasteiger partial charge >= 0.3 is 0 Å². The second-order valence-corrected chi connectivity index (χ2v) is 9.64. The van der Waals surface area contributed by atoms with Gasteiger partial charge in [-0.05, 0) is 57.3 Å². The van der Waals surface area contributed by atoms with Crippen molar-refractivity contribution in [3.05, 3.63) is 35.4 Å². The summed E-state index contributed by atoms with van der Waals surface area (Å²) < 4.78 is 0. The van der Waals surface area contributed by atoms with Gasteiger partial charge in [0.05, 0.1) is 5.41 Å². The van der Waals surface area contributed by atoms with E-state index in [4.69, 9.17) is 0 Å². The molecule has 0 spiro atoms. The number of rotatable bonds is 6. The summed E-state index contributed by atoms with van der Waals surface area (Å²) in [5.74, 6) is 0.250. The SMILES string of the molecule is Cc1ccccc1[C@@]1(CC(=O)N2C[C@@H]3CCC[C@@H]2C3)CC(=O)N(CCN(C)C)C1=O. The molecule has 2 saturated heterocycles. The molecule has 0 aromatic heterocycles. The van der Waals surface area contributed by atoms with E-state index >= 15 is 0 Å². The van der Waals surface area contributed by atoms with Crippen LogP contribution < -0.4 is 0 Å². The second-order valence-electron chi connectivity index (χ2n) is 9.64. The second kappa shape index (κ2) is 8.14. The van der Waals surface area contributed by atoms with E-state index in [1.807, 2.05) is 55.1 Å². The fourth-order valence-electron chi connectivity index (χ4n) is 5.68. The first-order valence-corrected chi connectivity index (χ1v) is 11.2. The molecule has 30 heavy (non-hydrogen) atoms. The molecule has 3 atom stereocenters. The van der Waals surface area contributed by atoms with Crippen molar-refractivity contribution >= 4 is 17.7 Å². The summed E-state index contributed by atoms with van der Waals surface area (Å²) in [5, 5.41) is 0. The minimum absolute atomic E-state index is 0.0308. The number of nitrogens with zero attached hydrogens (tertiary/aromatic N) is 3. The zero-order chi connectivity index (χ0) is 21.5. The Bertz CT molecular complexity index is 852. The summed E-state index contributed by atoms with van der Waals surface area (Å²) in [6, 6.07) is 8.03. The highest BCUT2D eigenvalue weighted by atomic mass is 16.2. The third-order valence-electron chi connectivity index (χ3n) is 7.26. The maximum atomic E-state index is 13.7. The van der Waals surface area contributed by atoms with Gasteiger partial charge in [0.15, 0.2) is 0 Å². The molecule has 3 amide bonds. The lowest BCUT2D eigenvalue weighted by molar-refractivity contribution is -0.143. The molecule has 6 nitrogen and oxygen atoms in total. The van der Waals surface area contributed by atoms with E-state index in [1.165, 1.54) is 17.7 Å². The minimum Gasteiger partial charge on any atom is -0.339 e. The summed E-state index contributed by atoms with van der Waals surface area (Å²) in [4.78, 5) is 45.5. The Hall–Kier alpha value is -2.21. The number of amides is 3. The number of likely N-dealkylation sites (N-methyl/N-ethyl adjacent to an activating group) is 1. The van der Waals surface area contributed by atoms with Crippen LogP contribution in [0.4, 0.5) is 0 Å². The highest BCUT2D eigenvalue weighted by Gasteiger charge is 2.55. The molecule has 4 rings (SSSR count). The molecule has 1 aromatic carbocycles. The first-order valence-electron chi connectivity index (χ1n) is 11.2. The number of likely N-dealkylation sites (tertiary alicyclic amines) is 2. The Balaban J connectivity index is 1.66. The van der Waals surface area contributed by atoms with E-state index in [0.717, 1.165) is 30.5 Å². The molecule has 2 heterocycles. The molecule has 1 aliphatic carbocycles. The van der Waals surface area contributed by atoms with E-state index in [1.54, 1.807) is 0 Å². The fourth-order valence-corrected chi connectivity index (χ4v) is 5.68. The van der Waals surface area contributed by atoms with Crippen LogP contribution in [-0.4, -0.2) is 72.2 Å². The van der Waals surface area contributed by atoms with Crippen molar-refractivity contribution in [2.75, 3.05) is 33.7 Å². The van der Waals surface area contributed by atoms with Crippen molar-refractivity contribution in [2.24, 2.45) is 5.92 Å². The summed E-state index contributed by atoms with van der Waals surface area (Å²) in [6.07, 6.45) is 4.69. The number of fused-ring (bicyclic) bond motifs is 2. The number of carbonyl (C=O) groups excluding carboxylic acids is 3. The number of hydrogen-bond acceptors (Lipinski definition) is 4. The molecule has 1 saturated carbocycles. The number of carbonyl (C=O) groups is 3. The number of aryl methyl sites for hydroxylation is 1. The molecule has 0 unspecified atom stereocenters. The number of imide groups is 1. The maximum absolute atomic E-state index is 13.7. The minimum atomic E-state index is -1.08. The third-order valence-corrected chi connectivity index (χ3v) is 7.26. The highest BCUT2D eigenvalue weighted by Crippen LogP contribution is 2.43. The van der Waals surface area contributed by atoms with E-state index < -0.39 is 5.41 Å². The normalized spacial score (nSPS) is 28.7. The van der Waals surface area contributed by atoms with Crippen LogP contribution in [0.1, 0.15) is 49.7 Å². The van der Waals surface area contributed by atoms with Crippen LogP contribution in [0, 0.1) is 12.8 Å². The van der Waals surface area contributed by atoms with E-state index in [-0.39, 0.29) is 30.6 Å². The van der Waals surface area contributed by atoms with Gasteiger partial charge in [-0.25, -0.2) is 0 Å². The first-order chi connectivity index (χ1) is 14.3. The largest absolute Gasteiger partial charge is 0.339 e. The van der Waals surface area contributed by atoms with Crippen molar-refractivity contribution in [1.29, 1.82) is 0 Å². The highest BCUT2D eigenvalue weighted by molar-refractivity contribution is 6.11. The zero-order valence-corrected chi connectivity index (χ0v) is 18.4. The van der Waals surface area contributed by atoms with Gasteiger partial charge in [0.25, 0.3) is 0 Å². The standard InChI is InChI=1S/C24H33N3O3/c1-17-7-4-5-10-20(17)24(14-21(28)26(23(24)30)12-11-25(2)3)15-22(29)27-16-18-8-6-9-19(27)13-18/h4-5,7,10,18-19H,6,8-9,11-16H2,1-3H3/t18-,19-,24+/m1/s1. The fraction of sp³-hybridized carbons (Fsp3) is 0.625. The lowest BCUT2D eigenvalue weighted by atomic mass is 9.74. The Kier molecular flexibility index (Phi) is 5.71. The van der Waals surface area contributed by atoms with Gasteiger partial charge in [-0.1, -0.05) is 30.7 Å². The monoisotopic (exact) mass is 411 g/mol. The molecule has 3 fully saturated rings. The van der Waals surface area contributed by atoms with Crippen molar-refractivity contribution in [3.8, 4) is 0 Å². The van der Waals surface area contributed by atoms with Gasteiger partial charge in [-0.2, -0.15) is 0 Å². The van der Waals surface area contributed by atoms with Crippen LogP contribution in [-0.2, 0) is 19.8 Å². The van der Waals surface area contributed by atoms with Gasteiger partial charge in [-0.15, -0.1) is 0 Å². The van der Waals surface area contributed by atoms with Crippen molar-refractivity contribution in [3.63, 3.8) is 0 Å². The van der Waals surface area contributed by atoms with Crippen molar-refractivity contribution in [2.45, 2.75) is 56.9 Å². The number of hydrogen-bond donors (Lipinski definition) is 0. The van der Waals surface area contributed by atoms with Gasteiger partial charge < -0.3 is 9.80 Å². The average Bonchev–Trinajstić information content (AvgIpc) is 3.13. The molecule has 1 aromatic rings. The molecular weight excluding hydrogens is 378 g/mol. The molecular formula is C24H33N3O3. The molecule has 2 bridgehead atoms. The molecule has 0 radical (unpaired) electrons. The lowest BCUT2D eigenvalue weighted by Crippen LogP contribution is -2.45. The summed E-state index contributed by atoms with van der Waals surface area (Å²) in [6.45, 7) is 3.75. The van der Waals surface area contributed by atoms with Crippen LogP contribution in [0.25, 0.3) is 0 Å². The van der Waals surface area contributed by atoms with Crippen molar-refractivity contribution in [1.82, 2.24) is 14.7 Å². The molecule has 3 aliphatic rings. The lowest BCUT2D eigenvalue weighted by Gasteiger charge is -2.32. The van der Waals surface area contributed by atoms with Crippen molar-refractivity contribution < 1.29 is 14.4 Å². The predicted octanol–water partition coefficient (Wildman–Crippen LogP) is 2.34. The van der Waals surface area contributed by atoms with Crippen LogP contribution in [0.5, 0.6) is 0 Å². The van der Waals surface area contributed by atoms with Gasteiger partial charge in [0, 0.05) is 38.5 Å². The maximum Gasteiger partial charge on any atom is 0.240 e. The average molecular weight is 412 g/mol. The Morgan fingerprint density at radius 2 is 1.97 bits per heavy atom. The summed E-state index contributed by atoms with van der Waals surface area (Å²) in [5.41, 5.74) is 0.704.